The standard InChI is InChI=1S/C15H15N3OS/c1-4-13-15(16-6-1)18(9-12-3-2-7-19-12)14(17-13)11-5-8-20-10-11/h1-4,6-7,11H,5,8-10H2. The van der Waals surface area contributed by atoms with Gasteiger partial charge in [-0.2, -0.15) is 11.8 Å². The molecule has 0 saturated carbocycles. The maximum Gasteiger partial charge on any atom is 0.160 e. The first-order valence-electron chi connectivity index (χ1n) is 6.83. The molecule has 0 bridgehead atoms. The molecule has 1 aliphatic heterocycles. The molecule has 3 aromatic heterocycles. The van der Waals surface area contributed by atoms with E-state index in [9.17, 15) is 0 Å². The van der Waals surface area contributed by atoms with Crippen molar-refractivity contribution < 1.29 is 4.42 Å². The highest BCUT2D eigenvalue weighted by Gasteiger charge is 2.24. The molecule has 3 aromatic rings. The van der Waals surface area contributed by atoms with Crippen LogP contribution in [0.25, 0.3) is 11.2 Å². The fraction of sp³-hybridized carbons (Fsp3) is 0.333. The highest BCUT2D eigenvalue weighted by molar-refractivity contribution is 7.99. The summed E-state index contributed by atoms with van der Waals surface area (Å²) in [6.45, 7) is 0.705. The summed E-state index contributed by atoms with van der Waals surface area (Å²) in [5, 5.41) is 0. The Morgan fingerprint density at radius 1 is 1.35 bits per heavy atom. The lowest BCUT2D eigenvalue weighted by atomic mass is 10.1. The molecular formula is C15H15N3OS. The molecule has 4 heterocycles. The lowest BCUT2D eigenvalue weighted by molar-refractivity contribution is 0.487. The Morgan fingerprint density at radius 3 is 3.15 bits per heavy atom. The van der Waals surface area contributed by atoms with Gasteiger partial charge in [0.2, 0.25) is 0 Å². The van der Waals surface area contributed by atoms with E-state index in [0.717, 1.165) is 28.5 Å². The summed E-state index contributed by atoms with van der Waals surface area (Å²) in [4.78, 5) is 9.33. The fourth-order valence-corrected chi connectivity index (χ4v) is 3.96. The van der Waals surface area contributed by atoms with Crippen molar-refractivity contribution in [1.29, 1.82) is 0 Å². The lowest BCUT2D eigenvalue weighted by Gasteiger charge is -2.11. The van der Waals surface area contributed by atoms with E-state index in [0.29, 0.717) is 12.5 Å². The van der Waals surface area contributed by atoms with Gasteiger partial charge < -0.3 is 8.98 Å². The second-order valence-corrected chi connectivity index (χ2v) is 6.19. The minimum atomic E-state index is 0.532. The maximum absolute atomic E-state index is 5.49. The molecule has 1 saturated heterocycles. The summed E-state index contributed by atoms with van der Waals surface area (Å²) >= 11 is 2.01. The first-order valence-corrected chi connectivity index (χ1v) is 7.98. The van der Waals surface area contributed by atoms with Gasteiger partial charge in [-0.25, -0.2) is 9.97 Å². The van der Waals surface area contributed by atoms with Gasteiger partial charge in [0, 0.05) is 17.9 Å². The Balaban J connectivity index is 1.83. The van der Waals surface area contributed by atoms with Gasteiger partial charge in [0.05, 0.1) is 12.8 Å². The minimum absolute atomic E-state index is 0.532. The van der Waals surface area contributed by atoms with Crippen LogP contribution in [0.1, 0.15) is 23.9 Å². The van der Waals surface area contributed by atoms with E-state index in [4.69, 9.17) is 9.40 Å². The second-order valence-electron chi connectivity index (χ2n) is 5.04. The summed E-state index contributed by atoms with van der Waals surface area (Å²) in [6.07, 6.45) is 4.74. The van der Waals surface area contributed by atoms with Crippen LogP contribution in [0.4, 0.5) is 0 Å². The number of imidazole rings is 1. The first kappa shape index (κ1) is 12.0. The number of pyridine rings is 1. The van der Waals surface area contributed by atoms with Gasteiger partial charge in [-0.3, -0.25) is 0 Å². The van der Waals surface area contributed by atoms with Gasteiger partial charge in [-0.05, 0) is 36.4 Å². The second kappa shape index (κ2) is 4.98. The van der Waals surface area contributed by atoms with Crippen molar-refractivity contribution in [1.82, 2.24) is 14.5 Å². The van der Waals surface area contributed by atoms with E-state index in [-0.39, 0.29) is 0 Å². The molecule has 4 rings (SSSR count). The number of aromatic nitrogens is 3. The predicted molar refractivity (Wildman–Crippen MR) is 80.0 cm³/mol. The van der Waals surface area contributed by atoms with Crippen molar-refractivity contribution in [2.75, 3.05) is 11.5 Å². The van der Waals surface area contributed by atoms with Crippen LogP contribution in [0.5, 0.6) is 0 Å². The average molecular weight is 285 g/mol. The molecule has 0 amide bonds. The van der Waals surface area contributed by atoms with Crippen LogP contribution in [-0.2, 0) is 6.54 Å². The van der Waals surface area contributed by atoms with Crippen LogP contribution in [0.3, 0.4) is 0 Å². The average Bonchev–Trinajstić information content (AvgIpc) is 3.19. The van der Waals surface area contributed by atoms with Crippen LogP contribution in [0, 0.1) is 0 Å². The lowest BCUT2D eigenvalue weighted by Crippen LogP contribution is -2.10. The zero-order chi connectivity index (χ0) is 13.4. The number of hydrogen-bond acceptors (Lipinski definition) is 4. The van der Waals surface area contributed by atoms with E-state index in [1.54, 1.807) is 6.26 Å². The summed E-state index contributed by atoms with van der Waals surface area (Å²) in [7, 11) is 0. The van der Waals surface area contributed by atoms with Gasteiger partial charge in [0.1, 0.15) is 17.1 Å². The van der Waals surface area contributed by atoms with Crippen molar-refractivity contribution in [2.45, 2.75) is 18.9 Å². The number of thioether (sulfide) groups is 1. The molecule has 1 fully saturated rings. The third-order valence-corrected chi connectivity index (χ3v) is 4.88. The van der Waals surface area contributed by atoms with Gasteiger partial charge >= 0.3 is 0 Å². The quantitative estimate of drug-likeness (QED) is 0.740. The number of hydrogen-bond donors (Lipinski definition) is 0. The molecule has 1 atom stereocenters. The Hall–Kier alpha value is -1.75. The van der Waals surface area contributed by atoms with Crippen LogP contribution in [0.15, 0.2) is 41.1 Å². The van der Waals surface area contributed by atoms with Gasteiger partial charge in [0.25, 0.3) is 0 Å². The molecule has 1 unspecified atom stereocenters. The Bertz CT molecular complexity index is 714. The zero-order valence-electron chi connectivity index (χ0n) is 11.0. The molecule has 102 valence electrons. The minimum Gasteiger partial charge on any atom is -0.467 e. The van der Waals surface area contributed by atoms with Gasteiger partial charge in [-0.15, -0.1) is 0 Å². The van der Waals surface area contributed by atoms with Crippen molar-refractivity contribution in [3.63, 3.8) is 0 Å². The van der Waals surface area contributed by atoms with E-state index in [1.165, 1.54) is 12.2 Å². The van der Waals surface area contributed by atoms with Crippen LogP contribution >= 0.6 is 11.8 Å². The number of furan rings is 1. The SMILES string of the molecule is c1coc(Cn2c(C3CCSC3)nc3cccnc32)c1. The fourth-order valence-electron chi connectivity index (χ4n) is 2.74. The van der Waals surface area contributed by atoms with E-state index in [1.807, 2.05) is 42.2 Å². The molecule has 4 nitrogen and oxygen atoms in total. The Morgan fingerprint density at radius 2 is 2.35 bits per heavy atom. The number of rotatable bonds is 3. The summed E-state index contributed by atoms with van der Waals surface area (Å²) in [6, 6.07) is 7.90. The van der Waals surface area contributed by atoms with Crippen LogP contribution in [-0.4, -0.2) is 26.0 Å². The third kappa shape index (κ3) is 2.02. The van der Waals surface area contributed by atoms with E-state index in [2.05, 4.69) is 9.55 Å². The van der Waals surface area contributed by atoms with E-state index >= 15 is 0 Å². The first-order chi connectivity index (χ1) is 9.92. The number of fused-ring (bicyclic) bond motifs is 1. The van der Waals surface area contributed by atoms with Crippen molar-refractivity contribution in [3.05, 3.63) is 48.3 Å². The smallest absolute Gasteiger partial charge is 0.160 e. The molecule has 1 aliphatic rings. The van der Waals surface area contributed by atoms with Crippen LogP contribution in [0.2, 0.25) is 0 Å². The molecule has 0 N–H and O–H groups in total. The molecule has 5 heteroatoms. The number of nitrogens with zero attached hydrogens (tertiary/aromatic N) is 3. The van der Waals surface area contributed by atoms with Crippen molar-refractivity contribution in [2.24, 2.45) is 0 Å². The Kier molecular flexibility index (Phi) is 2.99. The molecule has 0 spiro atoms. The topological polar surface area (TPSA) is 43.9 Å². The molecule has 20 heavy (non-hydrogen) atoms. The molecule has 0 aliphatic carbocycles. The molecule has 0 aromatic carbocycles. The maximum atomic E-state index is 5.49. The highest BCUT2D eigenvalue weighted by Crippen LogP contribution is 2.33. The highest BCUT2D eigenvalue weighted by atomic mass is 32.2. The summed E-state index contributed by atoms with van der Waals surface area (Å²) < 4.78 is 7.70. The predicted octanol–water partition coefficient (Wildman–Crippen LogP) is 3.29. The largest absolute Gasteiger partial charge is 0.467 e. The van der Waals surface area contributed by atoms with Crippen molar-refractivity contribution >= 4 is 22.9 Å². The molecule has 0 radical (unpaired) electrons. The third-order valence-electron chi connectivity index (χ3n) is 3.72. The van der Waals surface area contributed by atoms with Crippen molar-refractivity contribution in [3.8, 4) is 0 Å². The Labute approximate surface area is 121 Å². The van der Waals surface area contributed by atoms with Gasteiger partial charge in [-0.1, -0.05) is 0 Å². The normalized spacial score (nSPS) is 18.9. The molecular weight excluding hydrogens is 270 g/mol. The van der Waals surface area contributed by atoms with E-state index < -0.39 is 0 Å². The van der Waals surface area contributed by atoms with Gasteiger partial charge in [0.15, 0.2) is 5.65 Å². The summed E-state index contributed by atoms with van der Waals surface area (Å²) in [5.74, 6) is 5.01. The summed E-state index contributed by atoms with van der Waals surface area (Å²) in [5.41, 5.74) is 1.93. The van der Waals surface area contributed by atoms with Crippen LogP contribution < -0.4 is 0 Å². The zero-order valence-corrected chi connectivity index (χ0v) is 11.8. The monoisotopic (exact) mass is 285 g/mol.